The summed E-state index contributed by atoms with van der Waals surface area (Å²) in [6.45, 7) is -1.36. The number of aromatic nitrogens is 6. The van der Waals surface area contributed by atoms with Crippen LogP contribution in [0.2, 0.25) is 0 Å². The summed E-state index contributed by atoms with van der Waals surface area (Å²) in [6, 6.07) is 6.72. The Morgan fingerprint density at radius 3 is 1.93 bits per heavy atom. The molecule has 11 N–H and O–H groups in total. The fraction of sp³-hybridized carbons (Fsp3) is 0.409. The third-order valence-electron chi connectivity index (χ3n) is 5.12. The van der Waals surface area contributed by atoms with Crippen molar-refractivity contribution in [1.82, 2.24) is 29.9 Å². The predicted octanol–water partition coefficient (Wildman–Crippen LogP) is -0.855. The summed E-state index contributed by atoms with van der Waals surface area (Å²) in [5, 5.41) is 63.4. The molecule has 0 saturated heterocycles. The maximum absolute atomic E-state index is 11.1. The lowest BCUT2D eigenvalue weighted by Gasteiger charge is -2.13. The number of nitrogens with zero attached hydrogens (tertiary/aromatic N) is 7. The summed E-state index contributed by atoms with van der Waals surface area (Å²) in [4.78, 5) is 29.3. The number of aliphatic imine (C=N–C) groups is 1. The molecule has 46 heavy (non-hydrogen) atoms. The van der Waals surface area contributed by atoms with Gasteiger partial charge in [-0.1, -0.05) is 11.1 Å². The van der Waals surface area contributed by atoms with Gasteiger partial charge in [-0.05, 0) is 18.2 Å². The van der Waals surface area contributed by atoms with Gasteiger partial charge < -0.3 is 47.0 Å². The monoisotopic (exact) mass is 688 g/mol. The summed E-state index contributed by atoms with van der Waals surface area (Å²) in [5.41, 5.74) is 0.961. The normalized spacial score (nSPS) is 12.9. The van der Waals surface area contributed by atoms with Crippen LogP contribution in [-0.4, -0.2) is 131 Å². The number of aliphatic hydroxyl groups is 4. The third kappa shape index (κ3) is 13.9. The van der Waals surface area contributed by atoms with E-state index in [0.717, 1.165) is 12.0 Å². The average Bonchev–Trinajstić information content (AvgIpc) is 3.01. The Morgan fingerprint density at radius 2 is 1.37 bits per heavy atom. The second kappa shape index (κ2) is 18.8. The smallest absolute Gasteiger partial charge is 0.266 e. The van der Waals surface area contributed by atoms with Crippen molar-refractivity contribution in [1.29, 1.82) is 0 Å². The summed E-state index contributed by atoms with van der Waals surface area (Å²) >= 11 is 0.745. The van der Waals surface area contributed by atoms with Crippen molar-refractivity contribution in [2.45, 2.75) is 12.2 Å². The van der Waals surface area contributed by atoms with Gasteiger partial charge in [0, 0.05) is 49.3 Å². The highest BCUT2D eigenvalue weighted by atomic mass is 32.2. The first-order chi connectivity index (χ1) is 22.1. The van der Waals surface area contributed by atoms with E-state index in [1.807, 2.05) is 0 Å². The van der Waals surface area contributed by atoms with Crippen molar-refractivity contribution in [3.63, 3.8) is 0 Å². The number of anilines is 7. The van der Waals surface area contributed by atoms with Crippen LogP contribution in [0.3, 0.4) is 0 Å². The molecule has 0 aliphatic carbocycles. The van der Waals surface area contributed by atoms with Gasteiger partial charge in [0.2, 0.25) is 29.7 Å². The molecule has 0 aliphatic rings. The molecule has 0 bridgehead atoms. The first-order valence-electron chi connectivity index (χ1n) is 13.1. The van der Waals surface area contributed by atoms with Gasteiger partial charge in [-0.25, -0.2) is 10.2 Å². The predicted molar refractivity (Wildman–Crippen MR) is 166 cm³/mol. The van der Waals surface area contributed by atoms with Crippen molar-refractivity contribution < 1.29 is 48.0 Å². The zero-order valence-electron chi connectivity index (χ0n) is 23.8. The van der Waals surface area contributed by atoms with Crippen molar-refractivity contribution in [2.24, 2.45) is 4.99 Å². The van der Waals surface area contributed by atoms with Gasteiger partial charge in [0.1, 0.15) is 0 Å². The summed E-state index contributed by atoms with van der Waals surface area (Å²) in [5.74, 6) is -0.395. The zero-order chi connectivity index (χ0) is 33.4. The summed E-state index contributed by atoms with van der Waals surface area (Å²) in [7, 11) is -4.24. The molecule has 0 amide bonds. The lowest BCUT2D eigenvalue weighted by atomic mass is 10.3. The molecular formula is C22H32N12O10S2. The van der Waals surface area contributed by atoms with Crippen molar-refractivity contribution in [3.05, 3.63) is 24.3 Å². The van der Waals surface area contributed by atoms with E-state index in [1.54, 1.807) is 24.3 Å². The number of benzene rings is 1. The lowest BCUT2D eigenvalue weighted by molar-refractivity contribution is -0.432. The summed E-state index contributed by atoms with van der Waals surface area (Å²) < 4.78 is 35.4. The van der Waals surface area contributed by atoms with E-state index in [-0.39, 0.29) is 61.1 Å². The summed E-state index contributed by atoms with van der Waals surface area (Å²) in [6.07, 6.45) is -0.787. The molecule has 3 rings (SSSR count). The van der Waals surface area contributed by atoms with E-state index in [2.05, 4.69) is 70.9 Å². The van der Waals surface area contributed by atoms with Gasteiger partial charge in [0.25, 0.3) is 16.1 Å². The first-order valence-corrected chi connectivity index (χ1v) is 15.6. The highest BCUT2D eigenvalue weighted by molar-refractivity contribution is 7.95. The molecule has 22 nitrogen and oxygen atoms in total. The van der Waals surface area contributed by atoms with Crippen LogP contribution in [0, 0.1) is 0 Å². The maximum Gasteiger partial charge on any atom is 0.266 e. The number of aliphatic hydroxyl groups excluding tert-OH is 4. The molecule has 2 atom stereocenters. The third-order valence-corrected chi connectivity index (χ3v) is 6.28. The van der Waals surface area contributed by atoms with Crippen LogP contribution in [0.25, 0.3) is 0 Å². The van der Waals surface area contributed by atoms with Gasteiger partial charge in [0.05, 0.1) is 36.9 Å². The van der Waals surface area contributed by atoms with Crippen LogP contribution in [0.1, 0.15) is 0 Å². The average molecular weight is 689 g/mol. The molecule has 2 aromatic heterocycles. The molecule has 3 aromatic rings. The minimum Gasteiger partial charge on any atom is -0.394 e. The molecule has 1 aromatic carbocycles. The lowest BCUT2D eigenvalue weighted by Crippen LogP contribution is -2.24. The Labute approximate surface area is 265 Å². The number of nitrogens with one attached hydrogen (secondary N) is 5. The first kappa shape index (κ1) is 36.4. The van der Waals surface area contributed by atoms with Gasteiger partial charge >= 0.3 is 0 Å². The second-order valence-electron chi connectivity index (χ2n) is 8.81. The van der Waals surface area contributed by atoms with E-state index >= 15 is 0 Å². The quantitative estimate of drug-likeness (QED) is 0.0162. The molecule has 252 valence electrons. The Hall–Kier alpha value is -4.11. The minimum atomic E-state index is -4.24. The number of hydrogen-bond donors (Lipinski definition) is 11. The van der Waals surface area contributed by atoms with Crippen LogP contribution < -0.4 is 26.6 Å². The van der Waals surface area contributed by atoms with Crippen LogP contribution in [0.5, 0.6) is 0 Å². The van der Waals surface area contributed by atoms with Crippen LogP contribution >= 0.6 is 12.0 Å². The largest absolute Gasteiger partial charge is 0.394 e. The molecule has 0 aliphatic heterocycles. The standard InChI is InChI=1S/C22H32N12O10S2/c35-11-15(37)9-25-19-29-17(23-4-6-45-44-43-39)31-21(33-19)27-13-2-1-3-14(8-13)28-22-32-18(24-5-7-46(40,41)42)30-20(34-22)26-10-16(38)12-36/h1-4,8,15-16,35-39H,5-7,9-12H2,(H,40,41,42)(H2,25,27,29,31,33)(H3,24,26,28,30,32,34). The van der Waals surface area contributed by atoms with Gasteiger partial charge in [-0.3, -0.25) is 4.55 Å². The Morgan fingerprint density at radius 1 is 0.848 bits per heavy atom. The SMILES string of the molecule is O=S(=O)(O)CCNc1nc(NCC(O)CO)nc(Nc2cccc(Nc3nc(N=CCSOOO)nc(NCC(O)CO)n3)c2)n1. The Kier molecular flexibility index (Phi) is 14.8. The second-order valence-corrected chi connectivity index (χ2v) is 11.1. The molecule has 0 radical (unpaired) electrons. The van der Waals surface area contributed by atoms with Crippen molar-refractivity contribution >= 4 is 75.4 Å². The van der Waals surface area contributed by atoms with E-state index in [0.29, 0.717) is 11.4 Å². The van der Waals surface area contributed by atoms with E-state index in [1.165, 1.54) is 6.21 Å². The molecule has 0 saturated carbocycles. The van der Waals surface area contributed by atoms with E-state index < -0.39 is 41.3 Å². The van der Waals surface area contributed by atoms with Crippen molar-refractivity contribution in [2.75, 3.05) is 70.9 Å². The van der Waals surface area contributed by atoms with E-state index in [4.69, 9.17) is 20.0 Å². The topological polar surface area (TPSA) is 324 Å². The van der Waals surface area contributed by atoms with Crippen LogP contribution in [0.4, 0.5) is 47.1 Å². The highest BCUT2D eigenvalue weighted by Gasteiger charge is 2.12. The molecule has 0 spiro atoms. The molecule has 2 unspecified atom stereocenters. The Bertz CT molecular complexity index is 1520. The van der Waals surface area contributed by atoms with Crippen LogP contribution in [-0.2, 0) is 19.5 Å². The number of hydrogen-bond acceptors (Lipinski definition) is 22. The van der Waals surface area contributed by atoms with Gasteiger partial charge in [0.15, 0.2) is 0 Å². The number of rotatable bonds is 21. The molecule has 2 heterocycles. The minimum absolute atomic E-state index is 0.00731. The highest BCUT2D eigenvalue weighted by Crippen LogP contribution is 2.23. The molecule has 24 heteroatoms. The van der Waals surface area contributed by atoms with Crippen LogP contribution in [0.15, 0.2) is 29.3 Å². The van der Waals surface area contributed by atoms with Gasteiger partial charge in [-0.15, -0.1) is 4.33 Å². The molecular weight excluding hydrogens is 656 g/mol. The zero-order valence-corrected chi connectivity index (χ0v) is 25.4. The Balaban J connectivity index is 1.81. The molecule has 0 fully saturated rings. The van der Waals surface area contributed by atoms with E-state index in [9.17, 15) is 18.6 Å². The van der Waals surface area contributed by atoms with Crippen molar-refractivity contribution in [3.8, 4) is 0 Å². The fourth-order valence-electron chi connectivity index (χ4n) is 3.12. The maximum atomic E-state index is 11.1. The fourth-order valence-corrected chi connectivity index (χ4v) is 3.71. The van der Waals surface area contributed by atoms with Gasteiger partial charge in [-0.2, -0.15) is 38.3 Å².